The first kappa shape index (κ1) is 19.7. The topological polar surface area (TPSA) is 42.0 Å². The maximum Gasteiger partial charge on any atom is 0.253 e. The number of likely N-dealkylation sites (tertiary alicyclic amines) is 1. The molecule has 2 atom stereocenters. The summed E-state index contributed by atoms with van der Waals surface area (Å²) in [6.45, 7) is 7.11. The highest BCUT2D eigenvalue weighted by molar-refractivity contribution is 5.94. The summed E-state index contributed by atoms with van der Waals surface area (Å²) >= 11 is 0. The Morgan fingerprint density at radius 1 is 1.28 bits per heavy atom. The lowest BCUT2D eigenvalue weighted by Crippen LogP contribution is -2.49. The third-order valence-electron chi connectivity index (χ3n) is 5.20. The number of benzene rings is 1. The molecule has 1 aliphatic rings. The highest BCUT2D eigenvalue weighted by Gasteiger charge is 2.31. The Morgan fingerprint density at radius 3 is 2.52 bits per heavy atom. The Kier molecular flexibility index (Phi) is 7.26. The molecule has 5 heteroatoms. The van der Waals surface area contributed by atoms with Crippen molar-refractivity contribution in [3.63, 3.8) is 0 Å². The molecule has 0 spiro atoms. The predicted octanol–water partition coefficient (Wildman–Crippen LogP) is 2.90. The molecule has 1 fully saturated rings. The molecule has 0 aromatic heterocycles. The zero-order chi connectivity index (χ0) is 18.4. The van der Waals surface area contributed by atoms with Crippen molar-refractivity contribution in [1.29, 1.82) is 0 Å². The molecule has 2 rings (SSSR count). The zero-order valence-electron chi connectivity index (χ0n) is 16.2. The van der Waals surface area contributed by atoms with Crippen LogP contribution in [-0.2, 0) is 4.74 Å². The van der Waals surface area contributed by atoms with Gasteiger partial charge in [0.25, 0.3) is 5.91 Å². The smallest absolute Gasteiger partial charge is 0.253 e. The maximum atomic E-state index is 12.9. The summed E-state index contributed by atoms with van der Waals surface area (Å²) in [6.07, 6.45) is 2.38. The molecule has 1 aliphatic heterocycles. The van der Waals surface area contributed by atoms with E-state index in [4.69, 9.17) is 9.47 Å². The number of hydrogen-bond donors (Lipinski definition) is 0. The molecule has 25 heavy (non-hydrogen) atoms. The molecule has 0 N–H and O–H groups in total. The summed E-state index contributed by atoms with van der Waals surface area (Å²) in [4.78, 5) is 17.3. The molecule has 1 aromatic rings. The lowest BCUT2D eigenvalue weighted by molar-refractivity contribution is 0.0555. The Hall–Kier alpha value is -1.59. The van der Waals surface area contributed by atoms with Crippen molar-refractivity contribution in [2.45, 2.75) is 38.8 Å². The molecule has 1 heterocycles. The molecule has 0 radical (unpaired) electrons. The van der Waals surface area contributed by atoms with E-state index >= 15 is 0 Å². The van der Waals surface area contributed by atoms with Crippen LogP contribution in [0.1, 0.15) is 37.0 Å². The second-order valence-corrected chi connectivity index (χ2v) is 7.20. The molecule has 2 unspecified atom stereocenters. The van der Waals surface area contributed by atoms with E-state index in [-0.39, 0.29) is 11.9 Å². The lowest BCUT2D eigenvalue weighted by atomic mass is 10.0. The fourth-order valence-corrected chi connectivity index (χ4v) is 3.63. The van der Waals surface area contributed by atoms with Gasteiger partial charge in [0.2, 0.25) is 0 Å². The van der Waals surface area contributed by atoms with Crippen LogP contribution >= 0.6 is 0 Å². The van der Waals surface area contributed by atoms with Crippen LogP contribution in [0, 0.1) is 5.92 Å². The Morgan fingerprint density at radius 2 is 1.96 bits per heavy atom. The minimum Gasteiger partial charge on any atom is -0.497 e. The van der Waals surface area contributed by atoms with Crippen molar-refractivity contribution in [2.75, 3.05) is 41.0 Å². The van der Waals surface area contributed by atoms with Gasteiger partial charge in [0.15, 0.2) is 0 Å². The third kappa shape index (κ3) is 4.95. The summed E-state index contributed by atoms with van der Waals surface area (Å²) in [5.41, 5.74) is 0.698. The fraction of sp³-hybridized carbons (Fsp3) is 0.650. The van der Waals surface area contributed by atoms with E-state index in [9.17, 15) is 4.79 Å². The maximum absolute atomic E-state index is 12.9. The van der Waals surface area contributed by atoms with E-state index in [2.05, 4.69) is 18.7 Å². The number of nitrogens with zero attached hydrogens (tertiary/aromatic N) is 2. The monoisotopic (exact) mass is 348 g/mol. The Bertz CT molecular complexity index is 544. The molecular formula is C20H32N2O3. The van der Waals surface area contributed by atoms with Crippen molar-refractivity contribution in [3.05, 3.63) is 29.8 Å². The number of ether oxygens (including phenoxy) is 2. The molecule has 0 saturated carbocycles. The van der Waals surface area contributed by atoms with Gasteiger partial charge in [-0.05, 0) is 49.6 Å². The first-order chi connectivity index (χ1) is 12.0. The van der Waals surface area contributed by atoms with Gasteiger partial charge in [0.05, 0.1) is 13.7 Å². The Labute approximate surface area is 151 Å². The summed E-state index contributed by atoms with van der Waals surface area (Å²) in [7, 11) is 5.30. The van der Waals surface area contributed by atoms with Crippen molar-refractivity contribution >= 4 is 5.91 Å². The van der Waals surface area contributed by atoms with E-state index in [1.165, 1.54) is 12.8 Å². The standard InChI is InChI=1S/C20H32N2O3/c1-15(2)19(13-22-12-6-7-17(22)14-24-4)21(3)20(23)16-8-10-18(25-5)11-9-16/h8-11,15,17,19H,6-7,12-14H2,1-5H3. The van der Waals surface area contributed by atoms with Crippen LogP contribution in [0.2, 0.25) is 0 Å². The largest absolute Gasteiger partial charge is 0.497 e. The van der Waals surface area contributed by atoms with Crippen molar-refractivity contribution < 1.29 is 14.3 Å². The highest BCUT2D eigenvalue weighted by Crippen LogP contribution is 2.22. The van der Waals surface area contributed by atoms with Gasteiger partial charge in [-0.1, -0.05) is 13.8 Å². The van der Waals surface area contributed by atoms with E-state index in [1.807, 2.05) is 36.2 Å². The van der Waals surface area contributed by atoms with Crippen LogP contribution in [0.5, 0.6) is 5.75 Å². The number of hydrogen-bond acceptors (Lipinski definition) is 4. The quantitative estimate of drug-likeness (QED) is 0.724. The number of carbonyl (C=O) groups is 1. The second kappa shape index (κ2) is 9.20. The average Bonchev–Trinajstić information content (AvgIpc) is 3.05. The molecule has 1 aromatic carbocycles. The summed E-state index contributed by atoms with van der Waals surface area (Å²) in [6, 6.07) is 7.97. The van der Waals surface area contributed by atoms with E-state index in [0.29, 0.717) is 17.5 Å². The van der Waals surface area contributed by atoms with Crippen LogP contribution in [0.4, 0.5) is 0 Å². The van der Waals surface area contributed by atoms with Gasteiger partial charge < -0.3 is 14.4 Å². The van der Waals surface area contributed by atoms with Gasteiger partial charge >= 0.3 is 0 Å². The van der Waals surface area contributed by atoms with Crippen LogP contribution in [0.15, 0.2) is 24.3 Å². The van der Waals surface area contributed by atoms with Crippen molar-refractivity contribution in [3.8, 4) is 5.75 Å². The second-order valence-electron chi connectivity index (χ2n) is 7.20. The number of methoxy groups -OCH3 is 2. The number of rotatable bonds is 8. The third-order valence-corrected chi connectivity index (χ3v) is 5.20. The van der Waals surface area contributed by atoms with Crippen molar-refractivity contribution in [2.24, 2.45) is 5.92 Å². The van der Waals surface area contributed by atoms with E-state index in [0.717, 1.165) is 25.4 Å². The number of likely N-dealkylation sites (N-methyl/N-ethyl adjacent to an activating group) is 1. The molecule has 0 aliphatic carbocycles. The minimum absolute atomic E-state index is 0.0591. The lowest BCUT2D eigenvalue weighted by Gasteiger charge is -2.36. The number of carbonyl (C=O) groups excluding carboxylic acids is 1. The summed E-state index contributed by atoms with van der Waals surface area (Å²) < 4.78 is 10.5. The van der Waals surface area contributed by atoms with Gasteiger partial charge in [-0.2, -0.15) is 0 Å². The van der Waals surface area contributed by atoms with E-state index < -0.39 is 0 Å². The SMILES string of the molecule is COCC1CCCN1CC(C(C)C)N(C)C(=O)c1ccc(OC)cc1. The minimum atomic E-state index is 0.0591. The molecule has 140 valence electrons. The first-order valence-corrected chi connectivity index (χ1v) is 9.12. The highest BCUT2D eigenvalue weighted by atomic mass is 16.5. The van der Waals surface area contributed by atoms with Gasteiger partial charge in [0, 0.05) is 38.3 Å². The van der Waals surface area contributed by atoms with Gasteiger partial charge in [0.1, 0.15) is 5.75 Å². The molecule has 5 nitrogen and oxygen atoms in total. The van der Waals surface area contributed by atoms with E-state index in [1.54, 1.807) is 14.2 Å². The summed E-state index contributed by atoms with van der Waals surface area (Å²) in [5, 5.41) is 0. The van der Waals surface area contributed by atoms with Crippen LogP contribution in [0.25, 0.3) is 0 Å². The van der Waals surface area contributed by atoms with Crippen LogP contribution in [0.3, 0.4) is 0 Å². The molecule has 0 bridgehead atoms. The Balaban J connectivity index is 2.08. The predicted molar refractivity (Wildman–Crippen MR) is 100 cm³/mol. The van der Waals surface area contributed by atoms with Crippen LogP contribution in [-0.4, -0.2) is 68.8 Å². The zero-order valence-corrected chi connectivity index (χ0v) is 16.2. The van der Waals surface area contributed by atoms with Crippen molar-refractivity contribution in [1.82, 2.24) is 9.80 Å². The van der Waals surface area contributed by atoms with Gasteiger partial charge in [-0.25, -0.2) is 0 Å². The molecular weight excluding hydrogens is 316 g/mol. The number of amides is 1. The van der Waals surface area contributed by atoms with Crippen LogP contribution < -0.4 is 4.74 Å². The molecule has 1 amide bonds. The normalized spacial score (nSPS) is 19.2. The average molecular weight is 348 g/mol. The summed E-state index contributed by atoms with van der Waals surface area (Å²) in [5.74, 6) is 1.21. The fourth-order valence-electron chi connectivity index (χ4n) is 3.63. The first-order valence-electron chi connectivity index (χ1n) is 9.12. The van der Waals surface area contributed by atoms with Gasteiger partial charge in [-0.3, -0.25) is 9.69 Å². The van der Waals surface area contributed by atoms with Gasteiger partial charge in [-0.15, -0.1) is 0 Å². The molecule has 1 saturated heterocycles.